The molecule has 1 aromatic rings. The molecular formula is C11H12BF6KO2. The fraction of sp³-hybridized carbons (Fsp3) is 0.455. The molecule has 0 radical (unpaired) electrons. The summed E-state index contributed by atoms with van der Waals surface area (Å²) in [4.78, 5) is 0. The molecule has 2 nitrogen and oxygen atoms in total. The zero-order chi connectivity index (χ0) is 15.2. The van der Waals surface area contributed by atoms with Crippen molar-refractivity contribution in [3.05, 3.63) is 24.3 Å². The molecule has 1 aromatic carbocycles. The average Bonchev–Trinajstić information content (AvgIpc) is 2.32. The number of benzene rings is 1. The van der Waals surface area contributed by atoms with E-state index in [-0.39, 0.29) is 76.8 Å². The summed E-state index contributed by atoms with van der Waals surface area (Å²) < 4.78 is 81.5. The van der Waals surface area contributed by atoms with Crippen molar-refractivity contribution in [3.8, 4) is 5.75 Å². The SMILES string of the molecule is F[B-](F)(F)c1ccc(OCCCOCC(F)(F)F)cc1.[K+]. The van der Waals surface area contributed by atoms with Gasteiger partial charge in [0.2, 0.25) is 0 Å². The first-order valence-electron chi connectivity index (χ1n) is 5.76. The largest absolute Gasteiger partial charge is 1.00 e. The zero-order valence-corrected chi connectivity index (χ0v) is 14.4. The van der Waals surface area contributed by atoms with Gasteiger partial charge in [-0.25, -0.2) is 0 Å². The first-order valence-corrected chi connectivity index (χ1v) is 5.76. The quantitative estimate of drug-likeness (QED) is 0.398. The second kappa shape index (κ2) is 9.41. The number of ether oxygens (including phenoxy) is 2. The van der Waals surface area contributed by atoms with Gasteiger partial charge in [0.1, 0.15) is 12.4 Å². The summed E-state index contributed by atoms with van der Waals surface area (Å²) >= 11 is 0. The minimum absolute atomic E-state index is 0. The summed E-state index contributed by atoms with van der Waals surface area (Å²) in [6, 6.07) is 4.13. The van der Waals surface area contributed by atoms with Crippen LogP contribution >= 0.6 is 0 Å². The van der Waals surface area contributed by atoms with Gasteiger partial charge in [0.05, 0.1) is 13.2 Å². The van der Waals surface area contributed by atoms with Crippen LogP contribution in [0.2, 0.25) is 0 Å². The number of rotatable bonds is 7. The molecule has 0 saturated heterocycles. The van der Waals surface area contributed by atoms with Crippen LogP contribution in [0, 0.1) is 0 Å². The van der Waals surface area contributed by atoms with Crippen LogP contribution in [0.25, 0.3) is 0 Å². The monoisotopic (exact) mass is 340 g/mol. The van der Waals surface area contributed by atoms with Gasteiger partial charge in [-0.15, -0.1) is 5.46 Å². The summed E-state index contributed by atoms with van der Waals surface area (Å²) in [5.74, 6) is 0.227. The minimum atomic E-state index is -5.04. The molecule has 0 unspecified atom stereocenters. The molecule has 0 heterocycles. The van der Waals surface area contributed by atoms with Crippen LogP contribution in [0.4, 0.5) is 26.1 Å². The number of hydrogen-bond donors (Lipinski definition) is 0. The Morgan fingerprint density at radius 2 is 1.52 bits per heavy atom. The van der Waals surface area contributed by atoms with Gasteiger partial charge in [0.25, 0.3) is 0 Å². The molecule has 10 heteroatoms. The molecule has 0 saturated carbocycles. The first-order chi connectivity index (χ1) is 9.18. The number of hydrogen-bond acceptors (Lipinski definition) is 2. The van der Waals surface area contributed by atoms with Crippen LogP contribution < -0.4 is 61.6 Å². The maximum atomic E-state index is 12.3. The molecule has 0 spiro atoms. The molecule has 21 heavy (non-hydrogen) atoms. The molecule has 0 N–H and O–H groups in total. The van der Waals surface area contributed by atoms with Crippen molar-refractivity contribution >= 4 is 12.4 Å². The molecule has 0 aliphatic heterocycles. The first kappa shape index (κ1) is 21.3. The van der Waals surface area contributed by atoms with Crippen molar-refractivity contribution in [1.82, 2.24) is 0 Å². The fourth-order valence-electron chi connectivity index (χ4n) is 1.32. The second-order valence-electron chi connectivity index (χ2n) is 4.01. The Labute approximate surface area is 160 Å². The third kappa shape index (κ3) is 9.80. The van der Waals surface area contributed by atoms with Crippen LogP contribution in [0.3, 0.4) is 0 Å². The Bertz CT molecular complexity index is 407. The Hall–Kier alpha value is 0.261. The van der Waals surface area contributed by atoms with E-state index in [1.807, 2.05) is 0 Å². The van der Waals surface area contributed by atoms with Crippen molar-refractivity contribution in [2.75, 3.05) is 19.8 Å². The predicted octanol–water partition coefficient (Wildman–Crippen LogP) is 0.0928. The number of halogens is 6. The average molecular weight is 340 g/mol. The van der Waals surface area contributed by atoms with Crippen molar-refractivity contribution in [1.29, 1.82) is 0 Å². The standard InChI is InChI=1S/C11H12BF6O2.K/c13-11(14,15)8-19-6-1-7-20-10-4-2-9(3-5-10)12(16,17)18;/h2-5H,1,6-8H2;/q-1;+1. The summed E-state index contributed by atoms with van der Waals surface area (Å²) in [5, 5.41) is 0. The van der Waals surface area contributed by atoms with E-state index in [1.165, 1.54) is 12.1 Å². The van der Waals surface area contributed by atoms with E-state index in [0.717, 1.165) is 12.1 Å². The van der Waals surface area contributed by atoms with E-state index in [1.54, 1.807) is 0 Å². The van der Waals surface area contributed by atoms with Crippen LogP contribution in [-0.4, -0.2) is 33.0 Å². The maximum absolute atomic E-state index is 12.3. The molecule has 0 amide bonds. The zero-order valence-electron chi connectivity index (χ0n) is 11.3. The Morgan fingerprint density at radius 1 is 0.952 bits per heavy atom. The Kier molecular flexibility index (Phi) is 9.53. The van der Waals surface area contributed by atoms with E-state index in [4.69, 9.17) is 4.74 Å². The van der Waals surface area contributed by atoms with Gasteiger partial charge in [-0.05, 0) is 12.1 Å². The van der Waals surface area contributed by atoms with Crippen LogP contribution in [0.15, 0.2) is 24.3 Å². The maximum Gasteiger partial charge on any atom is 1.00 e. The van der Waals surface area contributed by atoms with Crippen molar-refractivity contribution < 1.29 is 87.0 Å². The van der Waals surface area contributed by atoms with E-state index < -0.39 is 25.2 Å². The number of alkyl halides is 3. The molecule has 0 fully saturated rings. The molecule has 0 aliphatic carbocycles. The van der Waals surface area contributed by atoms with Gasteiger partial charge < -0.3 is 22.4 Å². The third-order valence-electron chi connectivity index (χ3n) is 2.23. The van der Waals surface area contributed by atoms with Crippen LogP contribution in [0.5, 0.6) is 5.75 Å². The van der Waals surface area contributed by atoms with Crippen molar-refractivity contribution in [3.63, 3.8) is 0 Å². The van der Waals surface area contributed by atoms with Crippen LogP contribution in [-0.2, 0) is 4.74 Å². The van der Waals surface area contributed by atoms with Crippen molar-refractivity contribution in [2.24, 2.45) is 0 Å². The minimum Gasteiger partial charge on any atom is -0.494 e. The van der Waals surface area contributed by atoms with E-state index >= 15 is 0 Å². The van der Waals surface area contributed by atoms with E-state index in [9.17, 15) is 26.1 Å². The smallest absolute Gasteiger partial charge is 0.494 e. The molecule has 0 bridgehead atoms. The normalized spacial score (nSPS) is 11.9. The van der Waals surface area contributed by atoms with Crippen molar-refractivity contribution in [2.45, 2.75) is 12.6 Å². The van der Waals surface area contributed by atoms with E-state index in [2.05, 4.69) is 4.74 Å². The second-order valence-corrected chi connectivity index (χ2v) is 4.01. The third-order valence-corrected chi connectivity index (χ3v) is 2.23. The summed E-state index contributed by atoms with van der Waals surface area (Å²) in [7, 11) is 0. The van der Waals surface area contributed by atoms with Gasteiger partial charge in [0.15, 0.2) is 0 Å². The summed E-state index contributed by atoms with van der Waals surface area (Å²) in [6.45, 7) is -6.44. The Morgan fingerprint density at radius 3 is 2.00 bits per heavy atom. The predicted molar refractivity (Wildman–Crippen MR) is 62.1 cm³/mol. The molecule has 0 atom stereocenters. The topological polar surface area (TPSA) is 18.5 Å². The molecule has 1 rings (SSSR count). The Balaban J connectivity index is 0.00000400. The molecule has 0 aliphatic rings. The van der Waals surface area contributed by atoms with Gasteiger partial charge in [-0.3, -0.25) is 0 Å². The summed E-state index contributed by atoms with van der Waals surface area (Å²) in [6.07, 6.45) is -4.16. The van der Waals surface area contributed by atoms with Gasteiger partial charge in [-0.2, -0.15) is 13.2 Å². The molecule has 0 aromatic heterocycles. The fourth-order valence-corrected chi connectivity index (χ4v) is 1.32. The van der Waals surface area contributed by atoms with Crippen LogP contribution in [0.1, 0.15) is 6.42 Å². The van der Waals surface area contributed by atoms with E-state index in [0.29, 0.717) is 0 Å². The summed E-state index contributed by atoms with van der Waals surface area (Å²) in [5.41, 5.74) is -0.731. The van der Waals surface area contributed by atoms with Gasteiger partial charge in [-0.1, -0.05) is 12.1 Å². The molecular weight excluding hydrogens is 328 g/mol. The van der Waals surface area contributed by atoms with Gasteiger partial charge in [0, 0.05) is 6.42 Å². The van der Waals surface area contributed by atoms with Gasteiger partial charge >= 0.3 is 64.5 Å². The molecule has 114 valence electrons.